The van der Waals surface area contributed by atoms with Crippen molar-refractivity contribution in [2.45, 2.75) is 6.92 Å². The van der Waals surface area contributed by atoms with Gasteiger partial charge in [-0.05, 0) is 25.1 Å². The van der Waals surface area contributed by atoms with E-state index in [2.05, 4.69) is 5.10 Å². The number of nitro groups is 1. The number of hydrogen-bond acceptors (Lipinski definition) is 5. The molecule has 0 spiro atoms. The van der Waals surface area contributed by atoms with Gasteiger partial charge in [-0.15, -0.1) is 0 Å². The molecule has 0 saturated carbocycles. The molecule has 19 heavy (non-hydrogen) atoms. The number of nitro benzene ring substituents is 1. The summed E-state index contributed by atoms with van der Waals surface area (Å²) in [5.74, 6) is 4.53. The van der Waals surface area contributed by atoms with Crippen molar-refractivity contribution in [3.8, 4) is 5.69 Å². The highest BCUT2D eigenvalue weighted by atomic mass is 16.6. The van der Waals surface area contributed by atoms with Crippen LogP contribution in [0.15, 0.2) is 30.3 Å². The summed E-state index contributed by atoms with van der Waals surface area (Å²) in [7, 11) is 0. The highest BCUT2D eigenvalue weighted by molar-refractivity contribution is 5.91. The Labute approximate surface area is 108 Å². The molecule has 8 heteroatoms. The number of carbonyl (C=O) groups excluding carboxylic acids is 1. The van der Waals surface area contributed by atoms with Crippen LogP contribution in [0.5, 0.6) is 0 Å². The van der Waals surface area contributed by atoms with E-state index in [1.165, 1.54) is 16.8 Å². The number of non-ortho nitro benzene ring substituents is 1. The first-order valence-corrected chi connectivity index (χ1v) is 5.35. The zero-order chi connectivity index (χ0) is 14.0. The Bertz CT molecular complexity index is 632. The minimum Gasteiger partial charge on any atom is -0.289 e. The van der Waals surface area contributed by atoms with Gasteiger partial charge in [-0.2, -0.15) is 5.10 Å². The van der Waals surface area contributed by atoms with Crippen molar-refractivity contribution < 1.29 is 9.72 Å². The molecule has 0 aliphatic heterocycles. The van der Waals surface area contributed by atoms with Crippen LogP contribution in [0.3, 0.4) is 0 Å². The van der Waals surface area contributed by atoms with Gasteiger partial charge in [-0.25, -0.2) is 10.5 Å². The molecule has 1 heterocycles. The summed E-state index contributed by atoms with van der Waals surface area (Å²) < 4.78 is 1.51. The molecule has 0 aliphatic rings. The van der Waals surface area contributed by atoms with Crippen molar-refractivity contribution in [1.29, 1.82) is 0 Å². The zero-order valence-corrected chi connectivity index (χ0v) is 10.0. The predicted octanol–water partition coefficient (Wildman–Crippen LogP) is 0.692. The Morgan fingerprint density at radius 1 is 1.42 bits per heavy atom. The second kappa shape index (κ2) is 4.86. The maximum Gasteiger partial charge on any atom is 0.285 e. The Balaban J connectivity index is 2.39. The van der Waals surface area contributed by atoms with E-state index in [0.29, 0.717) is 11.4 Å². The van der Waals surface area contributed by atoms with Crippen LogP contribution < -0.4 is 11.3 Å². The van der Waals surface area contributed by atoms with Crippen molar-refractivity contribution in [2.24, 2.45) is 5.84 Å². The van der Waals surface area contributed by atoms with Crippen LogP contribution in [-0.2, 0) is 0 Å². The number of rotatable bonds is 3. The van der Waals surface area contributed by atoms with Gasteiger partial charge in [-0.1, -0.05) is 0 Å². The number of aromatic nitrogens is 2. The molecule has 0 atom stereocenters. The molecular weight excluding hydrogens is 250 g/mol. The number of hydrazine groups is 1. The van der Waals surface area contributed by atoms with Crippen LogP contribution in [0.1, 0.15) is 16.2 Å². The molecule has 1 aromatic carbocycles. The Hall–Kier alpha value is -2.74. The smallest absolute Gasteiger partial charge is 0.285 e. The fraction of sp³-hybridized carbons (Fsp3) is 0.0909. The van der Waals surface area contributed by atoms with E-state index >= 15 is 0 Å². The quantitative estimate of drug-likeness (QED) is 0.365. The SMILES string of the molecule is Cc1cc(C(=O)NN)nn1-c1ccc([N+](=O)[O-])cc1. The van der Waals surface area contributed by atoms with Crippen LogP contribution in [0, 0.1) is 17.0 Å². The number of amides is 1. The standard InChI is InChI=1S/C11H11N5O3/c1-7-6-10(11(17)13-12)14-15(7)8-2-4-9(5-3-8)16(18)19/h2-6H,12H2,1H3,(H,13,17). The molecule has 3 N–H and O–H groups in total. The van der Waals surface area contributed by atoms with E-state index in [9.17, 15) is 14.9 Å². The lowest BCUT2D eigenvalue weighted by Gasteiger charge is -2.03. The van der Waals surface area contributed by atoms with Gasteiger partial charge >= 0.3 is 0 Å². The number of carbonyl (C=O) groups is 1. The zero-order valence-electron chi connectivity index (χ0n) is 10.0. The van der Waals surface area contributed by atoms with Crippen molar-refractivity contribution in [3.63, 3.8) is 0 Å². The van der Waals surface area contributed by atoms with Gasteiger partial charge < -0.3 is 0 Å². The number of nitrogen functional groups attached to an aromatic ring is 1. The number of aryl methyl sites for hydroxylation is 1. The van der Waals surface area contributed by atoms with E-state index < -0.39 is 10.8 Å². The predicted molar refractivity (Wildman–Crippen MR) is 66.6 cm³/mol. The highest BCUT2D eigenvalue weighted by Crippen LogP contribution is 2.16. The van der Waals surface area contributed by atoms with Gasteiger partial charge in [0.25, 0.3) is 11.6 Å². The minimum atomic E-state index is -0.497. The van der Waals surface area contributed by atoms with Crippen molar-refractivity contribution in [2.75, 3.05) is 0 Å². The molecule has 1 amide bonds. The van der Waals surface area contributed by atoms with Crippen molar-refractivity contribution >= 4 is 11.6 Å². The number of nitrogens with zero attached hydrogens (tertiary/aromatic N) is 3. The first-order valence-electron chi connectivity index (χ1n) is 5.35. The van der Waals surface area contributed by atoms with Gasteiger partial charge in [0.1, 0.15) is 0 Å². The molecule has 8 nitrogen and oxygen atoms in total. The molecule has 1 aromatic heterocycles. The maximum absolute atomic E-state index is 11.4. The third kappa shape index (κ3) is 2.43. The first-order chi connectivity index (χ1) is 9.02. The van der Waals surface area contributed by atoms with Crippen LogP contribution in [0.2, 0.25) is 0 Å². The molecule has 2 aromatic rings. The Morgan fingerprint density at radius 3 is 2.58 bits per heavy atom. The molecule has 0 radical (unpaired) electrons. The van der Waals surface area contributed by atoms with Gasteiger partial charge in [0, 0.05) is 17.8 Å². The Morgan fingerprint density at radius 2 is 2.05 bits per heavy atom. The fourth-order valence-electron chi connectivity index (χ4n) is 1.64. The number of benzene rings is 1. The van der Waals surface area contributed by atoms with Gasteiger partial charge in [0.2, 0.25) is 0 Å². The van der Waals surface area contributed by atoms with Gasteiger partial charge in [-0.3, -0.25) is 20.3 Å². The molecular formula is C11H11N5O3. The van der Waals surface area contributed by atoms with Crippen LogP contribution in [-0.4, -0.2) is 20.6 Å². The molecule has 98 valence electrons. The summed E-state index contributed by atoms with van der Waals surface area (Å²) >= 11 is 0. The van der Waals surface area contributed by atoms with E-state index in [0.717, 1.165) is 0 Å². The third-order valence-electron chi connectivity index (χ3n) is 2.56. The monoisotopic (exact) mass is 261 g/mol. The van der Waals surface area contributed by atoms with Crippen LogP contribution >= 0.6 is 0 Å². The fourth-order valence-corrected chi connectivity index (χ4v) is 1.64. The third-order valence-corrected chi connectivity index (χ3v) is 2.56. The normalized spacial score (nSPS) is 10.2. The average Bonchev–Trinajstić information content (AvgIpc) is 2.80. The number of hydrogen-bond donors (Lipinski definition) is 2. The molecule has 0 bridgehead atoms. The van der Waals surface area contributed by atoms with E-state index in [1.54, 1.807) is 25.1 Å². The van der Waals surface area contributed by atoms with Crippen LogP contribution in [0.4, 0.5) is 5.69 Å². The Kier molecular flexibility index (Phi) is 3.25. The van der Waals surface area contributed by atoms with E-state index in [4.69, 9.17) is 5.84 Å². The lowest BCUT2D eigenvalue weighted by Crippen LogP contribution is -2.30. The van der Waals surface area contributed by atoms with Crippen LogP contribution in [0.25, 0.3) is 5.69 Å². The van der Waals surface area contributed by atoms with Gasteiger partial charge in [0.15, 0.2) is 5.69 Å². The molecule has 2 rings (SSSR count). The van der Waals surface area contributed by atoms with Crippen molar-refractivity contribution in [1.82, 2.24) is 15.2 Å². The topological polar surface area (TPSA) is 116 Å². The number of nitrogens with one attached hydrogen (secondary N) is 1. The van der Waals surface area contributed by atoms with E-state index in [-0.39, 0.29) is 11.4 Å². The summed E-state index contributed by atoms with van der Waals surface area (Å²) in [4.78, 5) is 21.4. The summed E-state index contributed by atoms with van der Waals surface area (Å²) in [6, 6.07) is 7.44. The lowest BCUT2D eigenvalue weighted by molar-refractivity contribution is -0.384. The molecule has 0 aliphatic carbocycles. The lowest BCUT2D eigenvalue weighted by atomic mass is 10.3. The molecule has 0 unspecified atom stereocenters. The average molecular weight is 261 g/mol. The van der Waals surface area contributed by atoms with E-state index in [1.807, 2.05) is 5.43 Å². The highest BCUT2D eigenvalue weighted by Gasteiger charge is 2.13. The first kappa shape index (κ1) is 12.7. The summed E-state index contributed by atoms with van der Waals surface area (Å²) in [5, 5.41) is 14.6. The summed E-state index contributed by atoms with van der Waals surface area (Å²) in [6.07, 6.45) is 0. The summed E-state index contributed by atoms with van der Waals surface area (Å²) in [6.45, 7) is 1.77. The minimum absolute atomic E-state index is 0.00603. The maximum atomic E-state index is 11.4. The second-order valence-corrected chi connectivity index (χ2v) is 3.83. The number of nitrogens with two attached hydrogens (primary N) is 1. The molecule has 0 saturated heterocycles. The van der Waals surface area contributed by atoms with Crippen molar-refractivity contribution in [3.05, 3.63) is 51.8 Å². The second-order valence-electron chi connectivity index (χ2n) is 3.83. The summed E-state index contributed by atoms with van der Waals surface area (Å²) in [5.41, 5.74) is 3.51. The molecule has 0 fully saturated rings. The largest absolute Gasteiger partial charge is 0.289 e. The van der Waals surface area contributed by atoms with Gasteiger partial charge in [0.05, 0.1) is 10.6 Å².